The van der Waals surface area contributed by atoms with Gasteiger partial charge in [-0.15, -0.1) is 24.2 Å². The standard InChI is InChI=1S/C15H20N2OS.ClH/c1-3-4-10-7-11-12-9-16-5-6-17(12)15(18)14(11)13(8-10)19-2;/h7-8,12,16H,3-6,9H2,1-2H3;1H/t12-;/m1./s1. The van der Waals surface area contributed by atoms with Crippen molar-refractivity contribution < 1.29 is 4.79 Å². The molecule has 0 aromatic heterocycles. The lowest BCUT2D eigenvalue weighted by Gasteiger charge is -2.30. The lowest BCUT2D eigenvalue weighted by Crippen LogP contribution is -2.44. The fourth-order valence-electron chi connectivity index (χ4n) is 3.15. The SMILES string of the molecule is CCCc1cc(SC)c2c(c1)[C@H]1CNCCN1C2=O.Cl. The molecule has 0 radical (unpaired) electrons. The minimum Gasteiger partial charge on any atom is -0.329 e. The van der Waals surface area contributed by atoms with E-state index in [1.54, 1.807) is 11.8 Å². The van der Waals surface area contributed by atoms with Crippen molar-refractivity contribution in [1.82, 2.24) is 10.2 Å². The molecule has 3 nitrogen and oxygen atoms in total. The molecule has 5 heteroatoms. The van der Waals surface area contributed by atoms with Crippen LogP contribution in [0.4, 0.5) is 0 Å². The van der Waals surface area contributed by atoms with Crippen molar-refractivity contribution in [2.24, 2.45) is 0 Å². The number of amides is 1. The largest absolute Gasteiger partial charge is 0.329 e. The quantitative estimate of drug-likeness (QED) is 0.871. The molecule has 0 bridgehead atoms. The van der Waals surface area contributed by atoms with E-state index in [9.17, 15) is 4.79 Å². The predicted molar refractivity (Wildman–Crippen MR) is 86.1 cm³/mol. The molecule has 3 rings (SSSR count). The Kier molecular flexibility index (Phi) is 4.99. The number of carbonyl (C=O) groups excluding carboxylic acids is 1. The van der Waals surface area contributed by atoms with Crippen LogP contribution in [0.2, 0.25) is 0 Å². The summed E-state index contributed by atoms with van der Waals surface area (Å²) in [7, 11) is 0. The number of piperazine rings is 1. The highest BCUT2D eigenvalue weighted by atomic mass is 35.5. The molecule has 2 aliphatic rings. The van der Waals surface area contributed by atoms with E-state index in [1.807, 2.05) is 4.90 Å². The third kappa shape index (κ3) is 2.45. The Hall–Kier alpha value is -0.710. The highest BCUT2D eigenvalue weighted by molar-refractivity contribution is 7.98. The fraction of sp³-hybridized carbons (Fsp3) is 0.533. The van der Waals surface area contributed by atoms with Gasteiger partial charge in [0.1, 0.15) is 0 Å². The molecule has 20 heavy (non-hydrogen) atoms. The first-order valence-electron chi connectivity index (χ1n) is 6.98. The van der Waals surface area contributed by atoms with E-state index in [0.717, 1.165) is 42.9 Å². The van der Waals surface area contributed by atoms with Gasteiger partial charge in [0, 0.05) is 24.5 Å². The van der Waals surface area contributed by atoms with Crippen molar-refractivity contribution in [1.29, 1.82) is 0 Å². The summed E-state index contributed by atoms with van der Waals surface area (Å²) in [6, 6.07) is 4.71. The molecule has 1 amide bonds. The summed E-state index contributed by atoms with van der Waals surface area (Å²) in [5.74, 6) is 0.230. The van der Waals surface area contributed by atoms with Gasteiger partial charge in [-0.2, -0.15) is 0 Å². The van der Waals surface area contributed by atoms with Crippen LogP contribution in [0.1, 0.15) is 40.9 Å². The van der Waals surface area contributed by atoms with Gasteiger partial charge in [0.15, 0.2) is 0 Å². The second kappa shape index (κ2) is 6.37. The number of benzene rings is 1. The number of hydrogen-bond acceptors (Lipinski definition) is 3. The topological polar surface area (TPSA) is 32.3 Å². The minimum absolute atomic E-state index is 0. The van der Waals surface area contributed by atoms with E-state index in [2.05, 4.69) is 30.6 Å². The Morgan fingerprint density at radius 2 is 2.25 bits per heavy atom. The van der Waals surface area contributed by atoms with Gasteiger partial charge in [0.05, 0.1) is 11.6 Å². The molecule has 2 heterocycles. The van der Waals surface area contributed by atoms with Crippen molar-refractivity contribution in [2.75, 3.05) is 25.9 Å². The molecule has 0 saturated carbocycles. The number of fused-ring (bicyclic) bond motifs is 3. The third-order valence-corrected chi connectivity index (χ3v) is 4.79. The summed E-state index contributed by atoms with van der Waals surface area (Å²) in [6.45, 7) is 4.83. The van der Waals surface area contributed by atoms with E-state index in [1.165, 1.54) is 11.1 Å². The third-order valence-electron chi connectivity index (χ3n) is 4.03. The zero-order chi connectivity index (χ0) is 13.4. The summed E-state index contributed by atoms with van der Waals surface area (Å²) in [5, 5.41) is 3.41. The maximum Gasteiger partial charge on any atom is 0.255 e. The molecule has 110 valence electrons. The molecule has 1 saturated heterocycles. The Labute approximate surface area is 130 Å². The van der Waals surface area contributed by atoms with Gasteiger partial charge in [-0.05, 0) is 29.9 Å². The normalized spacial score (nSPS) is 20.4. The molecule has 1 atom stereocenters. The van der Waals surface area contributed by atoms with Crippen molar-refractivity contribution in [3.8, 4) is 0 Å². The number of hydrogen-bond donors (Lipinski definition) is 1. The lowest BCUT2D eigenvalue weighted by atomic mass is 9.98. The summed E-state index contributed by atoms with van der Waals surface area (Å²) < 4.78 is 0. The Bertz CT molecular complexity index is 521. The molecular formula is C15H21ClN2OS. The number of halogens is 1. The maximum atomic E-state index is 12.6. The lowest BCUT2D eigenvalue weighted by molar-refractivity contribution is 0.0688. The zero-order valence-corrected chi connectivity index (χ0v) is 13.6. The van der Waals surface area contributed by atoms with E-state index in [4.69, 9.17) is 0 Å². The molecule has 2 aliphatic heterocycles. The molecule has 0 unspecified atom stereocenters. The van der Waals surface area contributed by atoms with Gasteiger partial charge in [-0.1, -0.05) is 19.4 Å². The Morgan fingerprint density at radius 3 is 2.95 bits per heavy atom. The number of carbonyl (C=O) groups is 1. The highest BCUT2D eigenvalue weighted by Crippen LogP contribution is 2.39. The fourth-order valence-corrected chi connectivity index (χ4v) is 3.83. The summed E-state index contributed by atoms with van der Waals surface area (Å²) in [4.78, 5) is 15.8. The zero-order valence-electron chi connectivity index (χ0n) is 11.9. The first kappa shape index (κ1) is 15.7. The van der Waals surface area contributed by atoms with Crippen molar-refractivity contribution in [2.45, 2.75) is 30.7 Å². The minimum atomic E-state index is 0. The van der Waals surface area contributed by atoms with Crippen LogP contribution >= 0.6 is 24.2 Å². The second-order valence-corrected chi connectivity index (χ2v) is 6.08. The van der Waals surface area contributed by atoms with Gasteiger partial charge in [-0.3, -0.25) is 4.79 Å². The average Bonchev–Trinajstić information content (AvgIpc) is 2.73. The maximum absolute atomic E-state index is 12.6. The summed E-state index contributed by atoms with van der Waals surface area (Å²) >= 11 is 1.70. The first-order valence-corrected chi connectivity index (χ1v) is 8.21. The molecule has 1 N–H and O–H groups in total. The number of rotatable bonds is 3. The van der Waals surface area contributed by atoms with Crippen molar-refractivity contribution >= 4 is 30.1 Å². The van der Waals surface area contributed by atoms with E-state index >= 15 is 0 Å². The van der Waals surface area contributed by atoms with Crippen LogP contribution in [0, 0.1) is 0 Å². The van der Waals surface area contributed by atoms with Crippen LogP contribution in [0.25, 0.3) is 0 Å². The van der Waals surface area contributed by atoms with Gasteiger partial charge < -0.3 is 10.2 Å². The first-order chi connectivity index (χ1) is 9.26. The molecule has 0 aliphatic carbocycles. The van der Waals surface area contributed by atoms with Gasteiger partial charge in [0.2, 0.25) is 0 Å². The van der Waals surface area contributed by atoms with Crippen LogP contribution in [-0.2, 0) is 6.42 Å². The molecule has 1 aromatic rings. The smallest absolute Gasteiger partial charge is 0.255 e. The number of aryl methyl sites for hydroxylation is 1. The van der Waals surface area contributed by atoms with E-state index < -0.39 is 0 Å². The molecule has 1 aromatic carbocycles. The summed E-state index contributed by atoms with van der Waals surface area (Å²) in [6.07, 6.45) is 4.30. The monoisotopic (exact) mass is 312 g/mol. The number of thioether (sulfide) groups is 1. The van der Waals surface area contributed by atoms with Crippen LogP contribution < -0.4 is 5.32 Å². The van der Waals surface area contributed by atoms with Crippen LogP contribution in [0.3, 0.4) is 0 Å². The van der Waals surface area contributed by atoms with Crippen LogP contribution in [-0.4, -0.2) is 36.7 Å². The Balaban J connectivity index is 0.00000147. The second-order valence-electron chi connectivity index (χ2n) is 5.23. The van der Waals surface area contributed by atoms with E-state index in [-0.39, 0.29) is 24.4 Å². The van der Waals surface area contributed by atoms with Crippen molar-refractivity contribution in [3.05, 3.63) is 28.8 Å². The van der Waals surface area contributed by atoms with Gasteiger partial charge in [-0.25, -0.2) is 0 Å². The van der Waals surface area contributed by atoms with Crippen LogP contribution in [0.15, 0.2) is 17.0 Å². The van der Waals surface area contributed by atoms with Gasteiger partial charge >= 0.3 is 0 Å². The van der Waals surface area contributed by atoms with Crippen molar-refractivity contribution in [3.63, 3.8) is 0 Å². The number of nitrogens with one attached hydrogen (secondary N) is 1. The molecular weight excluding hydrogens is 292 g/mol. The molecule has 0 spiro atoms. The Morgan fingerprint density at radius 1 is 1.45 bits per heavy atom. The average molecular weight is 313 g/mol. The van der Waals surface area contributed by atoms with E-state index in [0.29, 0.717) is 0 Å². The number of nitrogens with zero attached hydrogens (tertiary/aromatic N) is 1. The van der Waals surface area contributed by atoms with Crippen LogP contribution in [0.5, 0.6) is 0 Å². The summed E-state index contributed by atoms with van der Waals surface area (Å²) in [5.41, 5.74) is 3.57. The predicted octanol–water partition coefficient (Wildman–Crippen LogP) is 2.88. The van der Waals surface area contributed by atoms with Gasteiger partial charge in [0.25, 0.3) is 5.91 Å². The molecule has 1 fully saturated rings. The highest BCUT2D eigenvalue weighted by Gasteiger charge is 2.39.